The molecule has 1 aromatic carbocycles. The Kier molecular flexibility index (Phi) is 5.21. The molecule has 0 spiro atoms. The molecular weight excluding hydrogens is 363 g/mol. The fraction of sp³-hybridized carbons (Fsp3) is 0.471. The summed E-state index contributed by atoms with van der Waals surface area (Å²) in [5.41, 5.74) is -3.62. The largest absolute Gasteiger partial charge is 0.504 e. The third-order valence-corrected chi connectivity index (χ3v) is 4.36. The molecule has 0 bridgehead atoms. The predicted molar refractivity (Wildman–Crippen MR) is 80.9 cm³/mol. The van der Waals surface area contributed by atoms with Crippen molar-refractivity contribution in [1.82, 2.24) is 0 Å². The number of halogens is 5. The number of hydrogen-bond acceptors (Lipinski definition) is 4. The van der Waals surface area contributed by atoms with Gasteiger partial charge in [0.15, 0.2) is 11.6 Å². The van der Waals surface area contributed by atoms with Crippen LogP contribution in [0, 0.1) is 17.6 Å². The summed E-state index contributed by atoms with van der Waals surface area (Å²) in [5, 5.41) is 9.92. The normalized spacial score (nSPS) is 23.2. The zero-order valence-electron chi connectivity index (χ0n) is 14.2. The number of phenolic OH excluding ortho intramolecular Hbond substituents is 1. The molecule has 2 rings (SSSR count). The van der Waals surface area contributed by atoms with Crippen molar-refractivity contribution >= 4 is 11.5 Å². The number of phenols is 1. The topological polar surface area (TPSA) is 55.8 Å². The maximum atomic E-state index is 13.8. The summed E-state index contributed by atoms with van der Waals surface area (Å²) >= 11 is 0. The average Bonchev–Trinajstić information content (AvgIpc) is 2.87. The minimum absolute atomic E-state index is 0.137. The van der Waals surface area contributed by atoms with E-state index in [4.69, 9.17) is 9.47 Å². The van der Waals surface area contributed by atoms with Crippen molar-refractivity contribution in [2.75, 3.05) is 6.61 Å². The Morgan fingerprint density at radius 2 is 1.92 bits per heavy atom. The first-order valence-corrected chi connectivity index (χ1v) is 7.83. The van der Waals surface area contributed by atoms with Crippen LogP contribution < -0.4 is 0 Å². The molecule has 0 radical (unpaired) electrons. The van der Waals surface area contributed by atoms with Gasteiger partial charge in [0.25, 0.3) is 0 Å². The van der Waals surface area contributed by atoms with Gasteiger partial charge in [0.05, 0.1) is 6.61 Å². The molecule has 0 aliphatic carbocycles. The van der Waals surface area contributed by atoms with E-state index < -0.39 is 52.4 Å². The van der Waals surface area contributed by atoms with Crippen LogP contribution in [0.3, 0.4) is 0 Å². The maximum absolute atomic E-state index is 13.8. The molecule has 0 amide bonds. The molecular formula is C17H17F5O4. The second-order valence-electron chi connectivity index (χ2n) is 5.89. The lowest BCUT2D eigenvalue weighted by atomic mass is 9.79. The molecule has 2 unspecified atom stereocenters. The first-order chi connectivity index (χ1) is 12.0. The standard InChI is InChI=1S/C17H17F5O4/c1-4-9-11(8-6-7-10(18)12(19)13(8)23)14(15(24)25-5-2)26-16(9,3)17(20,21)22/h6-7,9,23H,4-5H2,1-3H3. The average molecular weight is 380 g/mol. The highest BCUT2D eigenvalue weighted by molar-refractivity contribution is 5.98. The quantitative estimate of drug-likeness (QED) is 0.624. The Bertz CT molecular complexity index is 756. The van der Waals surface area contributed by atoms with Gasteiger partial charge in [-0.1, -0.05) is 6.92 Å². The van der Waals surface area contributed by atoms with E-state index in [0.717, 1.165) is 13.0 Å². The van der Waals surface area contributed by atoms with Crippen molar-refractivity contribution in [3.63, 3.8) is 0 Å². The Morgan fingerprint density at radius 1 is 1.31 bits per heavy atom. The zero-order valence-corrected chi connectivity index (χ0v) is 14.2. The van der Waals surface area contributed by atoms with Crippen LogP contribution in [-0.2, 0) is 14.3 Å². The highest BCUT2D eigenvalue weighted by atomic mass is 19.4. The highest BCUT2D eigenvalue weighted by Crippen LogP contribution is 2.54. The summed E-state index contributed by atoms with van der Waals surface area (Å²) in [5.74, 6) is -7.62. The number of benzene rings is 1. The molecule has 0 aromatic heterocycles. The van der Waals surface area contributed by atoms with E-state index in [-0.39, 0.29) is 18.6 Å². The van der Waals surface area contributed by atoms with Gasteiger partial charge in [-0.05, 0) is 32.4 Å². The predicted octanol–water partition coefficient (Wildman–Crippen LogP) is 4.32. The summed E-state index contributed by atoms with van der Waals surface area (Å²) in [6.45, 7) is 3.48. The van der Waals surface area contributed by atoms with E-state index in [0.29, 0.717) is 6.07 Å². The van der Waals surface area contributed by atoms with Gasteiger partial charge in [0, 0.05) is 17.1 Å². The second-order valence-corrected chi connectivity index (χ2v) is 5.89. The lowest BCUT2D eigenvalue weighted by Crippen LogP contribution is -2.48. The fourth-order valence-electron chi connectivity index (χ4n) is 3.04. The van der Waals surface area contributed by atoms with Crippen LogP contribution in [0.4, 0.5) is 22.0 Å². The van der Waals surface area contributed by atoms with Gasteiger partial charge in [0.1, 0.15) is 0 Å². The van der Waals surface area contributed by atoms with Gasteiger partial charge >= 0.3 is 12.1 Å². The molecule has 1 heterocycles. The van der Waals surface area contributed by atoms with Crippen molar-refractivity contribution in [2.24, 2.45) is 5.92 Å². The smallest absolute Gasteiger partial charge is 0.428 e. The first-order valence-electron chi connectivity index (χ1n) is 7.83. The Labute approximate surface area is 146 Å². The second kappa shape index (κ2) is 6.77. The van der Waals surface area contributed by atoms with Gasteiger partial charge in [-0.15, -0.1) is 0 Å². The van der Waals surface area contributed by atoms with E-state index in [2.05, 4.69) is 0 Å². The van der Waals surface area contributed by atoms with Gasteiger partial charge in [-0.2, -0.15) is 17.6 Å². The molecule has 1 aromatic rings. The number of alkyl halides is 3. The number of rotatable bonds is 4. The summed E-state index contributed by atoms with van der Waals surface area (Å²) in [4.78, 5) is 12.1. The molecule has 1 aliphatic heterocycles. The van der Waals surface area contributed by atoms with Crippen LogP contribution in [0.1, 0.15) is 32.8 Å². The summed E-state index contributed by atoms with van der Waals surface area (Å²) in [6, 6.07) is 1.55. The number of carbonyl (C=O) groups excluding carboxylic acids is 1. The summed E-state index contributed by atoms with van der Waals surface area (Å²) < 4.78 is 77.7. The number of hydrogen-bond donors (Lipinski definition) is 1. The molecule has 1 aliphatic rings. The molecule has 0 fully saturated rings. The van der Waals surface area contributed by atoms with E-state index in [1.165, 1.54) is 13.8 Å². The number of ether oxygens (including phenoxy) is 2. The number of esters is 1. The van der Waals surface area contributed by atoms with E-state index >= 15 is 0 Å². The minimum Gasteiger partial charge on any atom is -0.504 e. The monoisotopic (exact) mass is 380 g/mol. The minimum atomic E-state index is -4.87. The van der Waals surface area contributed by atoms with Gasteiger partial charge in [-0.25, -0.2) is 9.18 Å². The SMILES string of the molecule is CCOC(=O)C1=C(c2ccc(F)c(F)c2O)C(CC)C(C)(C(F)(F)F)O1. The number of aromatic hydroxyl groups is 1. The molecule has 1 N–H and O–H groups in total. The van der Waals surface area contributed by atoms with Crippen LogP contribution in [0.2, 0.25) is 0 Å². The summed E-state index contributed by atoms with van der Waals surface area (Å²) in [7, 11) is 0. The Hall–Kier alpha value is -2.32. The van der Waals surface area contributed by atoms with Crippen LogP contribution in [0.5, 0.6) is 5.75 Å². The molecule has 9 heteroatoms. The van der Waals surface area contributed by atoms with E-state index in [1.54, 1.807) is 0 Å². The highest BCUT2D eigenvalue weighted by Gasteiger charge is 2.64. The van der Waals surface area contributed by atoms with Gasteiger partial charge in [0.2, 0.25) is 17.2 Å². The Morgan fingerprint density at radius 3 is 2.42 bits per heavy atom. The maximum Gasteiger partial charge on any atom is 0.428 e. The zero-order chi connectivity index (χ0) is 19.9. The van der Waals surface area contributed by atoms with E-state index in [1.807, 2.05) is 0 Å². The molecule has 2 atom stereocenters. The third-order valence-electron chi connectivity index (χ3n) is 4.36. The fourth-order valence-corrected chi connectivity index (χ4v) is 3.04. The van der Waals surface area contributed by atoms with Crippen molar-refractivity contribution in [3.8, 4) is 5.75 Å². The summed E-state index contributed by atoms with van der Waals surface area (Å²) in [6.07, 6.45) is -5.02. The van der Waals surface area contributed by atoms with Crippen molar-refractivity contribution < 1.29 is 41.3 Å². The first kappa shape index (κ1) is 20.0. The van der Waals surface area contributed by atoms with Crippen LogP contribution >= 0.6 is 0 Å². The van der Waals surface area contributed by atoms with Crippen molar-refractivity contribution in [3.05, 3.63) is 35.1 Å². The molecule has 4 nitrogen and oxygen atoms in total. The van der Waals surface area contributed by atoms with Crippen LogP contribution in [0.15, 0.2) is 17.9 Å². The molecule has 26 heavy (non-hydrogen) atoms. The Balaban J connectivity index is 2.75. The number of carbonyl (C=O) groups is 1. The van der Waals surface area contributed by atoms with Crippen molar-refractivity contribution in [1.29, 1.82) is 0 Å². The third kappa shape index (κ3) is 2.99. The van der Waals surface area contributed by atoms with Gasteiger partial charge in [-0.3, -0.25) is 0 Å². The van der Waals surface area contributed by atoms with Crippen LogP contribution in [-0.4, -0.2) is 29.5 Å². The van der Waals surface area contributed by atoms with Gasteiger partial charge < -0.3 is 14.6 Å². The lowest BCUT2D eigenvalue weighted by Gasteiger charge is -2.33. The lowest BCUT2D eigenvalue weighted by molar-refractivity contribution is -0.264. The molecule has 0 saturated carbocycles. The molecule has 144 valence electrons. The molecule has 0 saturated heterocycles. The van der Waals surface area contributed by atoms with Crippen LogP contribution in [0.25, 0.3) is 5.57 Å². The van der Waals surface area contributed by atoms with Crippen molar-refractivity contribution in [2.45, 2.75) is 39.0 Å². The van der Waals surface area contributed by atoms with E-state index in [9.17, 15) is 31.9 Å².